The molecule has 6 nitrogen and oxygen atoms in total. The van der Waals surface area contributed by atoms with Crippen molar-refractivity contribution in [1.82, 2.24) is 9.80 Å². The highest BCUT2D eigenvalue weighted by Gasteiger charge is 2.53. The minimum atomic E-state index is -1.01. The van der Waals surface area contributed by atoms with Crippen molar-refractivity contribution in [3.05, 3.63) is 34.9 Å². The zero-order valence-electron chi connectivity index (χ0n) is 14.3. The third-order valence-electron chi connectivity index (χ3n) is 5.17. The zero-order valence-corrected chi connectivity index (χ0v) is 15.0. The summed E-state index contributed by atoms with van der Waals surface area (Å²) in [4.78, 5) is 28.4. The summed E-state index contributed by atoms with van der Waals surface area (Å²) in [6.07, 6.45) is 1.41. The third-order valence-corrected chi connectivity index (χ3v) is 5.42. The van der Waals surface area contributed by atoms with Crippen molar-refractivity contribution in [1.29, 1.82) is 0 Å². The van der Waals surface area contributed by atoms with E-state index in [1.807, 2.05) is 0 Å². The number of carbonyl (C=O) groups excluding carboxylic acids is 1. The molecule has 1 amide bonds. The lowest BCUT2D eigenvalue weighted by Crippen LogP contribution is -2.58. The number of hydrogen-bond donors (Lipinski definition) is 1. The molecule has 2 saturated heterocycles. The number of ether oxygens (including phenoxy) is 1. The summed E-state index contributed by atoms with van der Waals surface area (Å²) in [6.45, 7) is 4.68. The van der Waals surface area contributed by atoms with Crippen LogP contribution in [-0.2, 0) is 20.7 Å². The van der Waals surface area contributed by atoms with Crippen LogP contribution in [0.4, 0.5) is 0 Å². The SMILES string of the molecule is CCN1CCC2(CC1)OC[C@H](C(=O)O)N2C(=O)Cc1ccc(Cl)cc1. The van der Waals surface area contributed by atoms with E-state index in [0.717, 1.165) is 25.2 Å². The molecule has 0 unspecified atom stereocenters. The van der Waals surface area contributed by atoms with Gasteiger partial charge in [-0.05, 0) is 24.2 Å². The van der Waals surface area contributed by atoms with Crippen LogP contribution in [0.25, 0.3) is 0 Å². The van der Waals surface area contributed by atoms with E-state index in [1.54, 1.807) is 24.3 Å². The molecule has 0 aromatic heterocycles. The second-order valence-corrected chi connectivity index (χ2v) is 7.05. The van der Waals surface area contributed by atoms with Crippen LogP contribution in [-0.4, -0.2) is 64.8 Å². The number of rotatable bonds is 4. The fourth-order valence-electron chi connectivity index (χ4n) is 3.71. The monoisotopic (exact) mass is 366 g/mol. The topological polar surface area (TPSA) is 70.1 Å². The Hall–Kier alpha value is -1.63. The van der Waals surface area contributed by atoms with E-state index in [1.165, 1.54) is 4.90 Å². The minimum Gasteiger partial charge on any atom is -0.480 e. The van der Waals surface area contributed by atoms with E-state index in [9.17, 15) is 14.7 Å². The normalized spacial score (nSPS) is 23.1. The molecular weight excluding hydrogens is 344 g/mol. The second-order valence-electron chi connectivity index (χ2n) is 6.61. The first kappa shape index (κ1) is 18.2. The highest BCUT2D eigenvalue weighted by Crippen LogP contribution is 2.37. The van der Waals surface area contributed by atoms with Crippen LogP contribution >= 0.6 is 11.6 Å². The van der Waals surface area contributed by atoms with Crippen LogP contribution in [0.3, 0.4) is 0 Å². The van der Waals surface area contributed by atoms with E-state index in [-0.39, 0.29) is 18.9 Å². The van der Waals surface area contributed by atoms with Gasteiger partial charge in [0, 0.05) is 31.0 Å². The van der Waals surface area contributed by atoms with Crippen LogP contribution < -0.4 is 0 Å². The molecule has 136 valence electrons. The van der Waals surface area contributed by atoms with Gasteiger partial charge in [0.05, 0.1) is 13.0 Å². The minimum absolute atomic E-state index is 0.0494. The molecule has 1 atom stereocenters. The Labute approximate surface area is 152 Å². The summed E-state index contributed by atoms with van der Waals surface area (Å²) in [5.74, 6) is -1.23. The molecule has 2 aliphatic heterocycles. The molecule has 0 saturated carbocycles. The van der Waals surface area contributed by atoms with Gasteiger partial charge in [-0.15, -0.1) is 0 Å². The maximum absolute atomic E-state index is 13.0. The molecule has 7 heteroatoms. The Morgan fingerprint density at radius 1 is 1.28 bits per heavy atom. The molecule has 0 radical (unpaired) electrons. The molecule has 3 rings (SSSR count). The summed E-state index contributed by atoms with van der Waals surface area (Å²) in [7, 11) is 0. The molecule has 1 N–H and O–H groups in total. The van der Waals surface area contributed by atoms with Gasteiger partial charge in [0.1, 0.15) is 5.72 Å². The largest absolute Gasteiger partial charge is 0.480 e. The number of carboxylic acids is 1. The first-order valence-corrected chi connectivity index (χ1v) is 8.99. The molecule has 1 aromatic rings. The summed E-state index contributed by atoms with van der Waals surface area (Å²) >= 11 is 5.89. The lowest BCUT2D eigenvalue weighted by atomic mass is 9.97. The molecule has 1 aromatic carbocycles. The van der Waals surface area contributed by atoms with Gasteiger partial charge in [-0.2, -0.15) is 0 Å². The lowest BCUT2D eigenvalue weighted by Gasteiger charge is -2.44. The van der Waals surface area contributed by atoms with Crippen molar-refractivity contribution in [2.45, 2.75) is 38.0 Å². The van der Waals surface area contributed by atoms with Crippen LogP contribution in [0.1, 0.15) is 25.3 Å². The van der Waals surface area contributed by atoms with Crippen LogP contribution in [0.15, 0.2) is 24.3 Å². The molecule has 25 heavy (non-hydrogen) atoms. The number of carbonyl (C=O) groups is 2. The molecule has 1 spiro atoms. The summed E-state index contributed by atoms with van der Waals surface area (Å²) in [5.41, 5.74) is 0.0182. The quantitative estimate of drug-likeness (QED) is 0.882. The lowest BCUT2D eigenvalue weighted by molar-refractivity contribution is -0.165. The number of likely N-dealkylation sites (tertiary alicyclic amines) is 1. The van der Waals surface area contributed by atoms with Crippen LogP contribution in [0.5, 0.6) is 0 Å². The van der Waals surface area contributed by atoms with Crippen molar-refractivity contribution in [3.63, 3.8) is 0 Å². The highest BCUT2D eigenvalue weighted by atomic mass is 35.5. The number of piperidine rings is 1. The predicted molar refractivity (Wildman–Crippen MR) is 93.5 cm³/mol. The van der Waals surface area contributed by atoms with Gasteiger partial charge in [-0.1, -0.05) is 30.7 Å². The van der Waals surface area contributed by atoms with Gasteiger partial charge in [-0.25, -0.2) is 4.79 Å². The van der Waals surface area contributed by atoms with E-state index >= 15 is 0 Å². The van der Waals surface area contributed by atoms with Crippen molar-refractivity contribution in [2.24, 2.45) is 0 Å². The average Bonchev–Trinajstić information content (AvgIpc) is 2.97. The second kappa shape index (κ2) is 7.32. The van der Waals surface area contributed by atoms with Gasteiger partial charge in [0.25, 0.3) is 0 Å². The molecule has 2 heterocycles. The highest BCUT2D eigenvalue weighted by molar-refractivity contribution is 6.30. The number of carboxylic acid groups (broad SMARTS) is 1. The third kappa shape index (κ3) is 3.66. The van der Waals surface area contributed by atoms with Gasteiger partial charge in [0.15, 0.2) is 6.04 Å². The number of nitrogens with zero attached hydrogens (tertiary/aromatic N) is 2. The molecule has 2 aliphatic rings. The number of benzene rings is 1. The molecule has 0 bridgehead atoms. The average molecular weight is 367 g/mol. The fraction of sp³-hybridized carbons (Fsp3) is 0.556. The van der Waals surface area contributed by atoms with E-state index in [0.29, 0.717) is 17.9 Å². The molecule has 0 aliphatic carbocycles. The molecular formula is C18H23ClN2O4. The predicted octanol–water partition coefficient (Wildman–Crippen LogP) is 2.01. The maximum atomic E-state index is 13.0. The Morgan fingerprint density at radius 3 is 2.48 bits per heavy atom. The first-order valence-electron chi connectivity index (χ1n) is 8.61. The van der Waals surface area contributed by atoms with Crippen LogP contribution in [0, 0.1) is 0 Å². The fourth-order valence-corrected chi connectivity index (χ4v) is 3.84. The summed E-state index contributed by atoms with van der Waals surface area (Å²) in [6, 6.07) is 6.12. The van der Waals surface area contributed by atoms with Crippen molar-refractivity contribution in [2.75, 3.05) is 26.2 Å². The van der Waals surface area contributed by atoms with E-state index < -0.39 is 17.7 Å². The van der Waals surface area contributed by atoms with Gasteiger partial charge in [0.2, 0.25) is 5.91 Å². The van der Waals surface area contributed by atoms with Gasteiger partial charge < -0.3 is 14.7 Å². The van der Waals surface area contributed by atoms with Gasteiger partial charge >= 0.3 is 5.97 Å². The zero-order chi connectivity index (χ0) is 18.0. The number of aliphatic carboxylic acids is 1. The summed E-state index contributed by atoms with van der Waals surface area (Å²) in [5, 5.41) is 10.1. The van der Waals surface area contributed by atoms with Crippen molar-refractivity contribution >= 4 is 23.5 Å². The van der Waals surface area contributed by atoms with Gasteiger partial charge in [-0.3, -0.25) is 9.69 Å². The van der Waals surface area contributed by atoms with E-state index in [4.69, 9.17) is 16.3 Å². The molecule has 2 fully saturated rings. The number of hydrogen-bond acceptors (Lipinski definition) is 4. The number of amides is 1. The summed E-state index contributed by atoms with van der Waals surface area (Å²) < 4.78 is 5.92. The van der Waals surface area contributed by atoms with Crippen molar-refractivity contribution in [3.8, 4) is 0 Å². The Kier molecular flexibility index (Phi) is 5.32. The van der Waals surface area contributed by atoms with Crippen LogP contribution in [0.2, 0.25) is 5.02 Å². The Morgan fingerprint density at radius 2 is 1.92 bits per heavy atom. The maximum Gasteiger partial charge on any atom is 0.328 e. The standard InChI is InChI=1S/C18H23ClN2O4/c1-2-20-9-7-18(8-10-20)21(15(12-25-18)17(23)24)16(22)11-13-3-5-14(19)6-4-13/h3-6,15H,2,7-12H2,1H3,(H,23,24)/t15-/m1/s1. The number of halogens is 1. The Balaban J connectivity index is 1.81. The Bertz CT molecular complexity index is 641. The van der Waals surface area contributed by atoms with E-state index in [2.05, 4.69) is 11.8 Å². The smallest absolute Gasteiger partial charge is 0.328 e. The van der Waals surface area contributed by atoms with Crippen molar-refractivity contribution < 1.29 is 19.4 Å². The first-order chi connectivity index (χ1) is 11.9.